The SMILES string of the molecule is O=C(O)COc1ccccc1CN1CCN(C2Cc3ccccc3C2)CC1. The van der Waals surface area contributed by atoms with Gasteiger partial charge in [0.1, 0.15) is 5.75 Å². The van der Waals surface area contributed by atoms with Crippen LogP contribution in [0, 0.1) is 0 Å². The molecule has 5 nitrogen and oxygen atoms in total. The number of rotatable bonds is 6. The third kappa shape index (κ3) is 4.31. The first-order valence-corrected chi connectivity index (χ1v) is 9.65. The molecule has 27 heavy (non-hydrogen) atoms. The Balaban J connectivity index is 1.31. The molecule has 1 fully saturated rings. The first-order valence-electron chi connectivity index (χ1n) is 9.65. The van der Waals surface area contributed by atoms with Crippen LogP contribution in [-0.2, 0) is 24.2 Å². The van der Waals surface area contributed by atoms with Crippen molar-refractivity contribution in [2.75, 3.05) is 32.8 Å². The molecule has 0 saturated carbocycles. The van der Waals surface area contributed by atoms with Gasteiger partial charge in [-0.05, 0) is 30.0 Å². The third-order valence-electron chi connectivity index (χ3n) is 5.67. The Morgan fingerprint density at radius 3 is 2.26 bits per heavy atom. The van der Waals surface area contributed by atoms with E-state index in [2.05, 4.69) is 34.1 Å². The van der Waals surface area contributed by atoms with Crippen LogP contribution in [0.5, 0.6) is 5.75 Å². The topological polar surface area (TPSA) is 53.0 Å². The summed E-state index contributed by atoms with van der Waals surface area (Å²) < 4.78 is 5.44. The van der Waals surface area contributed by atoms with Crippen molar-refractivity contribution >= 4 is 5.97 Å². The van der Waals surface area contributed by atoms with Gasteiger partial charge in [0.15, 0.2) is 6.61 Å². The Morgan fingerprint density at radius 1 is 0.963 bits per heavy atom. The molecule has 4 rings (SSSR count). The lowest BCUT2D eigenvalue weighted by atomic mass is 10.1. The maximum atomic E-state index is 10.8. The molecule has 0 spiro atoms. The fourth-order valence-electron chi connectivity index (χ4n) is 4.24. The van der Waals surface area contributed by atoms with E-state index in [4.69, 9.17) is 9.84 Å². The van der Waals surface area contributed by atoms with Gasteiger partial charge in [0.25, 0.3) is 0 Å². The molecule has 0 bridgehead atoms. The van der Waals surface area contributed by atoms with Gasteiger partial charge in [-0.25, -0.2) is 4.79 Å². The van der Waals surface area contributed by atoms with E-state index in [1.165, 1.54) is 24.0 Å². The van der Waals surface area contributed by atoms with Gasteiger partial charge in [-0.2, -0.15) is 0 Å². The van der Waals surface area contributed by atoms with Crippen molar-refractivity contribution in [1.29, 1.82) is 0 Å². The zero-order valence-corrected chi connectivity index (χ0v) is 15.5. The number of hydrogen-bond donors (Lipinski definition) is 1. The minimum absolute atomic E-state index is 0.299. The van der Waals surface area contributed by atoms with Crippen molar-refractivity contribution in [2.24, 2.45) is 0 Å². The van der Waals surface area contributed by atoms with Gasteiger partial charge in [0.2, 0.25) is 0 Å². The number of para-hydroxylation sites is 1. The fourth-order valence-corrected chi connectivity index (χ4v) is 4.24. The highest BCUT2D eigenvalue weighted by Crippen LogP contribution is 2.27. The van der Waals surface area contributed by atoms with Gasteiger partial charge in [-0.15, -0.1) is 0 Å². The summed E-state index contributed by atoms with van der Waals surface area (Å²) in [6, 6.07) is 17.2. The van der Waals surface area contributed by atoms with E-state index < -0.39 is 5.97 Å². The minimum atomic E-state index is -0.948. The smallest absolute Gasteiger partial charge is 0.341 e. The van der Waals surface area contributed by atoms with Crippen LogP contribution in [0.3, 0.4) is 0 Å². The number of nitrogens with zero attached hydrogens (tertiary/aromatic N) is 2. The Labute approximate surface area is 160 Å². The highest BCUT2D eigenvalue weighted by molar-refractivity contribution is 5.68. The summed E-state index contributed by atoms with van der Waals surface area (Å²) in [7, 11) is 0. The van der Waals surface area contributed by atoms with Crippen LogP contribution in [0.15, 0.2) is 48.5 Å². The van der Waals surface area contributed by atoms with E-state index in [0.29, 0.717) is 11.8 Å². The van der Waals surface area contributed by atoms with E-state index in [1.54, 1.807) is 0 Å². The summed E-state index contributed by atoms with van der Waals surface area (Å²) in [5.41, 5.74) is 4.07. The van der Waals surface area contributed by atoms with E-state index in [-0.39, 0.29) is 6.61 Å². The van der Waals surface area contributed by atoms with E-state index in [9.17, 15) is 4.79 Å². The van der Waals surface area contributed by atoms with Crippen molar-refractivity contribution in [3.63, 3.8) is 0 Å². The second-order valence-electron chi connectivity index (χ2n) is 7.43. The van der Waals surface area contributed by atoms with Gasteiger partial charge in [-0.3, -0.25) is 9.80 Å². The lowest BCUT2D eigenvalue weighted by molar-refractivity contribution is -0.139. The largest absolute Gasteiger partial charge is 0.482 e. The highest BCUT2D eigenvalue weighted by Gasteiger charge is 2.29. The molecule has 1 aliphatic heterocycles. The van der Waals surface area contributed by atoms with Gasteiger partial charge in [-0.1, -0.05) is 42.5 Å². The molecular formula is C22H26N2O3. The number of carboxylic acid groups (broad SMARTS) is 1. The van der Waals surface area contributed by atoms with Crippen LogP contribution in [0.25, 0.3) is 0 Å². The second-order valence-corrected chi connectivity index (χ2v) is 7.43. The molecule has 1 aliphatic carbocycles. The van der Waals surface area contributed by atoms with Crippen molar-refractivity contribution in [3.05, 3.63) is 65.2 Å². The molecular weight excluding hydrogens is 340 g/mol. The number of ether oxygens (including phenoxy) is 1. The third-order valence-corrected chi connectivity index (χ3v) is 5.67. The summed E-state index contributed by atoms with van der Waals surface area (Å²) >= 11 is 0. The molecule has 1 heterocycles. The monoisotopic (exact) mass is 366 g/mol. The molecule has 2 aromatic rings. The van der Waals surface area contributed by atoms with Crippen LogP contribution < -0.4 is 4.74 Å². The van der Waals surface area contributed by atoms with Crippen molar-refractivity contribution in [2.45, 2.75) is 25.4 Å². The lowest BCUT2D eigenvalue weighted by Gasteiger charge is -2.38. The zero-order chi connectivity index (χ0) is 18.6. The van der Waals surface area contributed by atoms with Gasteiger partial charge < -0.3 is 9.84 Å². The highest BCUT2D eigenvalue weighted by atomic mass is 16.5. The molecule has 1 saturated heterocycles. The average Bonchev–Trinajstić information content (AvgIpc) is 3.12. The quantitative estimate of drug-likeness (QED) is 0.851. The summed E-state index contributed by atoms with van der Waals surface area (Å²) in [5, 5.41) is 8.84. The summed E-state index contributed by atoms with van der Waals surface area (Å²) in [6.45, 7) is 4.72. The normalized spacial score (nSPS) is 18.4. The number of fused-ring (bicyclic) bond motifs is 1. The first kappa shape index (κ1) is 18.0. The lowest BCUT2D eigenvalue weighted by Crippen LogP contribution is -2.50. The summed E-state index contributed by atoms with van der Waals surface area (Å²) in [5.74, 6) is -0.274. The standard InChI is InChI=1S/C22H26N2O3/c25-22(26)16-27-21-8-4-3-7-19(21)15-23-9-11-24(12-10-23)20-13-17-5-1-2-6-18(17)14-20/h1-8,20H,9-16H2,(H,25,26). The Morgan fingerprint density at radius 2 is 1.59 bits per heavy atom. The number of benzene rings is 2. The van der Waals surface area contributed by atoms with Crippen molar-refractivity contribution < 1.29 is 14.6 Å². The number of carboxylic acids is 1. The summed E-state index contributed by atoms with van der Waals surface area (Å²) in [4.78, 5) is 15.8. The maximum Gasteiger partial charge on any atom is 0.341 e. The zero-order valence-electron chi connectivity index (χ0n) is 15.5. The molecule has 2 aromatic carbocycles. The van der Waals surface area contributed by atoms with Crippen LogP contribution in [0.2, 0.25) is 0 Å². The molecule has 2 aliphatic rings. The minimum Gasteiger partial charge on any atom is -0.482 e. The molecule has 0 atom stereocenters. The number of aliphatic carboxylic acids is 1. The average molecular weight is 366 g/mol. The molecule has 0 radical (unpaired) electrons. The van der Waals surface area contributed by atoms with Crippen molar-refractivity contribution in [3.8, 4) is 5.75 Å². The van der Waals surface area contributed by atoms with Crippen molar-refractivity contribution in [1.82, 2.24) is 9.80 Å². The molecule has 142 valence electrons. The molecule has 0 unspecified atom stereocenters. The summed E-state index contributed by atoms with van der Waals surface area (Å²) in [6.07, 6.45) is 2.34. The van der Waals surface area contributed by atoms with Crippen LogP contribution in [0.4, 0.5) is 0 Å². The van der Waals surface area contributed by atoms with E-state index in [0.717, 1.165) is 38.3 Å². The predicted octanol–water partition coefficient (Wildman–Crippen LogP) is 2.44. The number of hydrogen-bond acceptors (Lipinski definition) is 4. The Hall–Kier alpha value is -2.37. The van der Waals surface area contributed by atoms with Gasteiger partial charge >= 0.3 is 5.97 Å². The molecule has 5 heteroatoms. The second kappa shape index (κ2) is 8.11. The van der Waals surface area contributed by atoms with Crippen LogP contribution in [0.1, 0.15) is 16.7 Å². The van der Waals surface area contributed by atoms with E-state index >= 15 is 0 Å². The fraction of sp³-hybridized carbons (Fsp3) is 0.409. The molecule has 1 N–H and O–H groups in total. The van der Waals surface area contributed by atoms with Crippen LogP contribution >= 0.6 is 0 Å². The van der Waals surface area contributed by atoms with Gasteiger partial charge in [0.05, 0.1) is 0 Å². The molecule has 0 aromatic heterocycles. The van der Waals surface area contributed by atoms with E-state index in [1.807, 2.05) is 24.3 Å². The first-order chi connectivity index (χ1) is 13.2. The predicted molar refractivity (Wildman–Crippen MR) is 104 cm³/mol. The maximum absolute atomic E-state index is 10.8. The van der Waals surface area contributed by atoms with Crippen LogP contribution in [-0.4, -0.2) is 59.7 Å². The molecule has 0 amide bonds. The Kier molecular flexibility index (Phi) is 5.41. The number of piperazine rings is 1. The van der Waals surface area contributed by atoms with Gasteiger partial charge in [0, 0.05) is 44.3 Å². The number of carbonyl (C=O) groups is 1. The Bertz CT molecular complexity index is 775.